The molecular formula is C25H31N3O4S. The molecule has 0 bridgehead atoms. The highest BCUT2D eigenvalue weighted by Gasteiger charge is 2.34. The number of benzene rings is 2. The quantitative estimate of drug-likeness (QED) is 0.490. The Labute approximate surface area is 198 Å². The highest BCUT2D eigenvalue weighted by molar-refractivity contribution is 7.12. The maximum atomic E-state index is 5.59. The summed E-state index contributed by atoms with van der Waals surface area (Å²) >= 11 is 1.58. The largest absolute Gasteiger partial charge is 0.493 e. The van der Waals surface area contributed by atoms with Crippen LogP contribution in [0.4, 0.5) is 0 Å². The Kier molecular flexibility index (Phi) is 6.93. The van der Waals surface area contributed by atoms with E-state index < -0.39 is 0 Å². The molecule has 1 aliphatic carbocycles. The van der Waals surface area contributed by atoms with Gasteiger partial charge < -0.3 is 18.9 Å². The smallest absolute Gasteiger partial charge is 0.204 e. The van der Waals surface area contributed by atoms with Crippen molar-refractivity contribution >= 4 is 11.3 Å². The van der Waals surface area contributed by atoms with Crippen LogP contribution in [0.1, 0.15) is 37.7 Å². The Morgan fingerprint density at radius 3 is 2.06 bits per heavy atom. The van der Waals surface area contributed by atoms with Crippen molar-refractivity contribution in [3.8, 4) is 33.6 Å². The van der Waals surface area contributed by atoms with Crippen molar-refractivity contribution in [2.45, 2.75) is 37.6 Å². The number of methoxy groups -OCH3 is 4. The molecule has 0 N–H and O–H groups in total. The van der Waals surface area contributed by atoms with Crippen LogP contribution in [0.5, 0.6) is 23.0 Å². The third-order valence-corrected chi connectivity index (χ3v) is 7.30. The van der Waals surface area contributed by atoms with Gasteiger partial charge in [0.2, 0.25) is 4.80 Å². The van der Waals surface area contributed by atoms with Crippen molar-refractivity contribution in [3.05, 3.63) is 46.8 Å². The summed E-state index contributed by atoms with van der Waals surface area (Å²) in [4.78, 5) is 6.23. The lowest BCUT2D eigenvalue weighted by molar-refractivity contribution is 0.293. The molecule has 0 atom stereocenters. The molecule has 1 fully saturated rings. The second-order valence-electron chi connectivity index (χ2n) is 8.16. The molecule has 0 amide bonds. The van der Waals surface area contributed by atoms with Gasteiger partial charge in [0, 0.05) is 12.6 Å². The molecular weight excluding hydrogens is 438 g/mol. The van der Waals surface area contributed by atoms with Gasteiger partial charge in [-0.3, -0.25) is 0 Å². The fourth-order valence-electron chi connectivity index (χ4n) is 4.44. The van der Waals surface area contributed by atoms with E-state index in [9.17, 15) is 0 Å². The minimum Gasteiger partial charge on any atom is -0.493 e. The van der Waals surface area contributed by atoms with Crippen molar-refractivity contribution in [2.24, 2.45) is 12.0 Å². The molecule has 33 heavy (non-hydrogen) atoms. The van der Waals surface area contributed by atoms with Crippen molar-refractivity contribution in [3.63, 3.8) is 0 Å². The number of nitrogens with zero attached hydrogens (tertiary/aromatic N) is 3. The molecule has 1 saturated carbocycles. The topological polar surface area (TPSA) is 67.1 Å². The van der Waals surface area contributed by atoms with Crippen LogP contribution in [0.25, 0.3) is 10.6 Å². The van der Waals surface area contributed by atoms with Gasteiger partial charge in [-0.25, -0.2) is 9.67 Å². The highest BCUT2D eigenvalue weighted by Crippen LogP contribution is 2.43. The van der Waals surface area contributed by atoms with Gasteiger partial charge in [0.25, 0.3) is 0 Å². The van der Waals surface area contributed by atoms with Crippen LogP contribution in [0, 0.1) is 0 Å². The molecule has 0 spiro atoms. The zero-order valence-electron chi connectivity index (χ0n) is 19.9. The van der Waals surface area contributed by atoms with Gasteiger partial charge in [0.15, 0.2) is 23.0 Å². The van der Waals surface area contributed by atoms with Crippen LogP contribution in [0.2, 0.25) is 0 Å². The number of ether oxygens (including phenoxy) is 4. The Balaban J connectivity index is 1.79. The summed E-state index contributed by atoms with van der Waals surface area (Å²) in [5, 5.41) is 5.65. The minimum atomic E-state index is -0.309. The lowest BCUT2D eigenvalue weighted by Crippen LogP contribution is -2.30. The first-order valence-electron chi connectivity index (χ1n) is 11.1. The minimum absolute atomic E-state index is 0.309. The standard InChI is InChI=1S/C25H31N3O4S/c1-28-24(33-23(27-28)17-9-11-19(29-2)21(15-17)31-4)26-25(13-7-6-8-14-25)18-10-12-20(30-3)22(16-18)32-5/h9-12,15-16H,6-8,13-14H2,1-5H3. The van der Waals surface area contributed by atoms with Crippen LogP contribution in [0.3, 0.4) is 0 Å². The third-order valence-electron chi connectivity index (χ3n) is 6.25. The van der Waals surface area contributed by atoms with E-state index in [0.717, 1.165) is 58.1 Å². The van der Waals surface area contributed by atoms with Gasteiger partial charge in [-0.15, -0.1) is 0 Å². The first kappa shape index (κ1) is 23.2. The summed E-state index contributed by atoms with van der Waals surface area (Å²) in [5.74, 6) is 2.84. The molecule has 1 heterocycles. The molecule has 8 heteroatoms. The van der Waals surface area contributed by atoms with Crippen LogP contribution >= 0.6 is 11.3 Å². The summed E-state index contributed by atoms with van der Waals surface area (Å²) in [7, 11) is 8.55. The Morgan fingerprint density at radius 2 is 1.42 bits per heavy atom. The molecule has 0 unspecified atom stereocenters. The van der Waals surface area contributed by atoms with E-state index in [1.165, 1.54) is 6.42 Å². The maximum Gasteiger partial charge on any atom is 0.204 e. The number of rotatable bonds is 7. The molecule has 0 saturated heterocycles. The van der Waals surface area contributed by atoms with Crippen molar-refractivity contribution in [1.82, 2.24) is 9.78 Å². The molecule has 0 aliphatic heterocycles. The fraction of sp³-hybridized carbons (Fsp3) is 0.440. The van der Waals surface area contributed by atoms with Gasteiger partial charge >= 0.3 is 0 Å². The summed E-state index contributed by atoms with van der Waals surface area (Å²) in [6, 6.07) is 12.0. The lowest BCUT2D eigenvalue weighted by atomic mass is 9.77. The molecule has 2 aromatic carbocycles. The second kappa shape index (κ2) is 9.87. The van der Waals surface area contributed by atoms with Crippen LogP contribution < -0.4 is 23.7 Å². The van der Waals surface area contributed by atoms with E-state index in [-0.39, 0.29) is 5.54 Å². The first-order valence-corrected chi connectivity index (χ1v) is 11.9. The molecule has 7 nitrogen and oxygen atoms in total. The summed E-state index contributed by atoms with van der Waals surface area (Å²) < 4.78 is 23.7. The van der Waals surface area contributed by atoms with Gasteiger partial charge in [0.1, 0.15) is 5.01 Å². The predicted molar refractivity (Wildman–Crippen MR) is 129 cm³/mol. The summed E-state index contributed by atoms with van der Waals surface area (Å²) in [6.07, 6.45) is 5.50. The van der Waals surface area contributed by atoms with Crippen molar-refractivity contribution < 1.29 is 18.9 Å². The number of aromatic nitrogens is 2. The third kappa shape index (κ3) is 4.57. The molecule has 4 rings (SSSR count). The maximum absolute atomic E-state index is 5.59. The molecule has 3 aromatic rings. The number of hydrogen-bond donors (Lipinski definition) is 0. The Morgan fingerprint density at radius 1 is 0.818 bits per heavy atom. The lowest BCUT2D eigenvalue weighted by Gasteiger charge is -2.34. The zero-order valence-corrected chi connectivity index (χ0v) is 20.7. The van der Waals surface area contributed by atoms with Crippen molar-refractivity contribution in [1.29, 1.82) is 0 Å². The summed E-state index contributed by atoms with van der Waals surface area (Å²) in [5.41, 5.74) is 1.82. The first-order chi connectivity index (χ1) is 16.0. The van der Waals surface area contributed by atoms with E-state index in [4.69, 9.17) is 29.0 Å². The average Bonchev–Trinajstić information content (AvgIpc) is 3.23. The van der Waals surface area contributed by atoms with Gasteiger partial charge in [-0.2, -0.15) is 5.10 Å². The molecule has 1 aliphatic rings. The molecule has 176 valence electrons. The van der Waals surface area contributed by atoms with E-state index >= 15 is 0 Å². The number of hydrogen-bond acceptors (Lipinski definition) is 7. The summed E-state index contributed by atoms with van der Waals surface area (Å²) in [6.45, 7) is 0. The van der Waals surface area contributed by atoms with E-state index in [1.54, 1.807) is 39.8 Å². The molecule has 0 radical (unpaired) electrons. The second-order valence-corrected chi connectivity index (χ2v) is 9.11. The van der Waals surface area contributed by atoms with Crippen LogP contribution in [-0.2, 0) is 12.6 Å². The Hall–Kier alpha value is -3.00. The van der Waals surface area contributed by atoms with Crippen LogP contribution in [0.15, 0.2) is 41.4 Å². The highest BCUT2D eigenvalue weighted by atomic mass is 32.1. The van der Waals surface area contributed by atoms with Crippen molar-refractivity contribution in [2.75, 3.05) is 28.4 Å². The van der Waals surface area contributed by atoms with E-state index in [2.05, 4.69) is 12.1 Å². The monoisotopic (exact) mass is 469 g/mol. The van der Waals surface area contributed by atoms with E-state index in [0.29, 0.717) is 11.5 Å². The fourth-order valence-corrected chi connectivity index (χ4v) is 5.42. The normalized spacial score (nSPS) is 15.8. The predicted octanol–water partition coefficient (Wildman–Crippen LogP) is 4.94. The number of aryl methyl sites for hydroxylation is 1. The van der Waals surface area contributed by atoms with E-state index in [1.807, 2.05) is 36.0 Å². The molecule has 1 aromatic heterocycles. The zero-order chi connectivity index (χ0) is 23.4. The Bertz CT molecular complexity index is 1180. The van der Waals surface area contributed by atoms with Gasteiger partial charge in [0.05, 0.1) is 34.0 Å². The van der Waals surface area contributed by atoms with Crippen LogP contribution in [-0.4, -0.2) is 38.2 Å². The SMILES string of the molecule is COc1ccc(-c2nn(C)c(=NC3(c4ccc(OC)c(OC)c4)CCCCC3)s2)cc1OC. The van der Waals surface area contributed by atoms with Gasteiger partial charge in [-0.1, -0.05) is 36.7 Å². The average molecular weight is 470 g/mol. The van der Waals surface area contributed by atoms with Gasteiger partial charge in [-0.05, 0) is 48.7 Å².